The highest BCUT2D eigenvalue weighted by Gasteiger charge is 2.35. The third-order valence-electron chi connectivity index (χ3n) is 7.45. The quantitative estimate of drug-likeness (QED) is 0.455. The first-order chi connectivity index (χ1) is 19.3. The van der Waals surface area contributed by atoms with Crippen LogP contribution < -0.4 is 10.6 Å². The Morgan fingerprint density at radius 1 is 1.05 bits per heavy atom. The van der Waals surface area contributed by atoms with E-state index in [1.807, 2.05) is 25.1 Å². The van der Waals surface area contributed by atoms with Gasteiger partial charge in [-0.1, -0.05) is 29.8 Å². The molecule has 208 valence electrons. The number of nitrogens with zero attached hydrogens (tertiary/aromatic N) is 4. The summed E-state index contributed by atoms with van der Waals surface area (Å²) in [5, 5.41) is 6.18. The van der Waals surface area contributed by atoms with E-state index in [9.17, 15) is 14.4 Å². The summed E-state index contributed by atoms with van der Waals surface area (Å²) in [7, 11) is 2.10. The second kappa shape index (κ2) is 12.2. The number of anilines is 2. The van der Waals surface area contributed by atoms with Crippen LogP contribution in [0.5, 0.6) is 0 Å². The number of amides is 3. The van der Waals surface area contributed by atoms with E-state index in [4.69, 9.17) is 11.6 Å². The van der Waals surface area contributed by atoms with E-state index in [0.717, 1.165) is 37.3 Å². The van der Waals surface area contributed by atoms with Gasteiger partial charge >= 0.3 is 0 Å². The number of aromatic nitrogens is 1. The van der Waals surface area contributed by atoms with E-state index >= 15 is 0 Å². The molecule has 0 radical (unpaired) electrons. The van der Waals surface area contributed by atoms with Gasteiger partial charge in [-0.25, -0.2) is 4.98 Å². The van der Waals surface area contributed by atoms with Gasteiger partial charge in [-0.05, 0) is 67.9 Å². The number of piperazine rings is 1. The normalized spacial score (nSPS) is 18.2. The summed E-state index contributed by atoms with van der Waals surface area (Å²) in [6, 6.07) is 15.0. The van der Waals surface area contributed by atoms with E-state index in [1.54, 1.807) is 47.5 Å². The van der Waals surface area contributed by atoms with Gasteiger partial charge in [0, 0.05) is 56.1 Å². The van der Waals surface area contributed by atoms with Gasteiger partial charge in [-0.2, -0.15) is 0 Å². The summed E-state index contributed by atoms with van der Waals surface area (Å²) in [6.45, 7) is 6.67. The van der Waals surface area contributed by atoms with Crippen LogP contribution in [0.3, 0.4) is 0 Å². The Kier molecular flexibility index (Phi) is 8.44. The third-order valence-corrected chi connectivity index (χ3v) is 7.68. The van der Waals surface area contributed by atoms with Crippen LogP contribution in [0.15, 0.2) is 60.8 Å². The summed E-state index contributed by atoms with van der Waals surface area (Å²) in [5.41, 5.74) is 3.12. The maximum absolute atomic E-state index is 13.8. The topological polar surface area (TPSA) is 97.9 Å². The number of aryl methyl sites for hydroxylation is 1. The van der Waals surface area contributed by atoms with Crippen molar-refractivity contribution in [3.05, 3.63) is 88.1 Å². The van der Waals surface area contributed by atoms with Crippen LogP contribution in [-0.2, 0) is 11.3 Å². The molecule has 3 heterocycles. The maximum atomic E-state index is 13.8. The molecule has 0 saturated carbocycles. The molecule has 40 heavy (non-hydrogen) atoms. The number of hydrogen-bond donors (Lipinski definition) is 2. The lowest BCUT2D eigenvalue weighted by molar-refractivity contribution is -0.121. The molecule has 9 nitrogen and oxygen atoms in total. The van der Waals surface area contributed by atoms with E-state index < -0.39 is 6.04 Å². The Balaban J connectivity index is 1.34. The van der Waals surface area contributed by atoms with Gasteiger partial charge in [-0.3, -0.25) is 14.4 Å². The molecule has 0 bridgehead atoms. The number of carbonyl (C=O) groups is 3. The predicted molar refractivity (Wildman–Crippen MR) is 156 cm³/mol. The summed E-state index contributed by atoms with van der Waals surface area (Å²) < 4.78 is 0. The smallest absolute Gasteiger partial charge is 0.256 e. The number of carbonyl (C=O) groups excluding carboxylic acids is 3. The van der Waals surface area contributed by atoms with Crippen LogP contribution in [-0.4, -0.2) is 83.2 Å². The Bertz CT molecular complexity index is 1390. The molecule has 3 aromatic rings. The average molecular weight is 561 g/mol. The number of pyridine rings is 1. The number of fused-ring (bicyclic) bond motifs is 1. The number of rotatable bonds is 7. The fraction of sp³-hybridized carbons (Fsp3) is 0.333. The van der Waals surface area contributed by atoms with E-state index in [2.05, 4.69) is 32.5 Å². The molecule has 0 unspecified atom stereocenters. The van der Waals surface area contributed by atoms with Crippen molar-refractivity contribution in [1.29, 1.82) is 0 Å². The molecule has 2 aromatic carbocycles. The van der Waals surface area contributed by atoms with E-state index in [1.165, 1.54) is 0 Å². The molecular weight excluding hydrogens is 528 g/mol. The zero-order valence-electron chi connectivity index (χ0n) is 22.7. The molecule has 2 aliphatic heterocycles. The SMILES string of the molecule is Cc1ccc(NC(=O)c2ccc(CN3C(=O)c4ccc(Cl)cc4NC(=O)[C@H]3CCN3CCN(C)CC3)cc2)nc1. The molecule has 2 aliphatic rings. The molecule has 10 heteroatoms. The van der Waals surface area contributed by atoms with Crippen LogP contribution in [0.1, 0.15) is 38.3 Å². The minimum Gasteiger partial charge on any atom is -0.323 e. The van der Waals surface area contributed by atoms with Crippen LogP contribution in [0.2, 0.25) is 5.02 Å². The van der Waals surface area contributed by atoms with Crippen molar-refractivity contribution < 1.29 is 14.4 Å². The fourth-order valence-corrected chi connectivity index (χ4v) is 5.17. The lowest BCUT2D eigenvalue weighted by Crippen LogP contribution is -2.49. The van der Waals surface area contributed by atoms with Crippen molar-refractivity contribution in [3.8, 4) is 0 Å². The maximum Gasteiger partial charge on any atom is 0.256 e. The van der Waals surface area contributed by atoms with E-state index in [-0.39, 0.29) is 24.3 Å². The zero-order valence-corrected chi connectivity index (χ0v) is 23.4. The molecular formula is C30H33ClN6O3. The summed E-state index contributed by atoms with van der Waals surface area (Å²) in [4.78, 5) is 50.5. The molecule has 1 saturated heterocycles. The minimum absolute atomic E-state index is 0.225. The van der Waals surface area contributed by atoms with Crippen LogP contribution in [0.4, 0.5) is 11.5 Å². The molecule has 1 atom stereocenters. The number of halogens is 1. The van der Waals surface area contributed by atoms with Crippen molar-refractivity contribution in [2.24, 2.45) is 0 Å². The molecule has 2 N–H and O–H groups in total. The standard InChI is InChI=1S/C30H33ClN6O3/c1-20-3-10-27(32-18-20)34-28(38)22-6-4-21(5-7-22)19-37-26(11-12-36-15-13-35(2)14-16-36)29(39)33-25-17-23(31)8-9-24(25)30(37)40/h3-10,17-18,26H,11-16,19H2,1-2H3,(H,33,39)(H,32,34,38)/t26-/m1/s1. The summed E-state index contributed by atoms with van der Waals surface area (Å²) in [6.07, 6.45) is 2.20. The second-order valence-corrected chi connectivity index (χ2v) is 10.9. The lowest BCUT2D eigenvalue weighted by atomic mass is 10.1. The number of nitrogens with one attached hydrogen (secondary N) is 2. The number of hydrogen-bond acceptors (Lipinski definition) is 6. The second-order valence-electron chi connectivity index (χ2n) is 10.4. The fourth-order valence-electron chi connectivity index (χ4n) is 4.99. The average Bonchev–Trinajstić information content (AvgIpc) is 3.03. The minimum atomic E-state index is -0.658. The molecule has 1 aromatic heterocycles. The predicted octanol–water partition coefficient (Wildman–Crippen LogP) is 3.90. The number of benzene rings is 2. The molecule has 5 rings (SSSR count). The molecule has 3 amide bonds. The van der Waals surface area contributed by atoms with E-state index in [0.29, 0.717) is 40.6 Å². The molecule has 0 spiro atoms. The first kappa shape index (κ1) is 27.8. The highest BCUT2D eigenvalue weighted by molar-refractivity contribution is 6.31. The van der Waals surface area contributed by atoms with Crippen molar-refractivity contribution in [1.82, 2.24) is 19.7 Å². The van der Waals surface area contributed by atoms with Gasteiger partial charge in [0.1, 0.15) is 11.9 Å². The number of likely N-dealkylation sites (N-methyl/N-ethyl adjacent to an activating group) is 1. The van der Waals surface area contributed by atoms with Gasteiger partial charge in [0.05, 0.1) is 11.3 Å². The first-order valence-electron chi connectivity index (χ1n) is 13.4. The third kappa shape index (κ3) is 6.50. The van der Waals surface area contributed by atoms with Crippen LogP contribution in [0.25, 0.3) is 0 Å². The Morgan fingerprint density at radius 3 is 2.50 bits per heavy atom. The van der Waals surface area contributed by atoms with Crippen molar-refractivity contribution in [3.63, 3.8) is 0 Å². The van der Waals surface area contributed by atoms with Gasteiger partial charge in [0.25, 0.3) is 11.8 Å². The zero-order chi connectivity index (χ0) is 28.2. The van der Waals surface area contributed by atoms with Crippen molar-refractivity contribution >= 4 is 40.8 Å². The molecule has 0 aliphatic carbocycles. The van der Waals surface area contributed by atoms with Crippen molar-refractivity contribution in [2.75, 3.05) is 50.4 Å². The Labute approximate surface area is 239 Å². The highest BCUT2D eigenvalue weighted by Crippen LogP contribution is 2.29. The van der Waals surface area contributed by atoms with Gasteiger partial charge in [0.2, 0.25) is 5.91 Å². The van der Waals surface area contributed by atoms with Crippen molar-refractivity contribution in [2.45, 2.75) is 25.9 Å². The van der Waals surface area contributed by atoms with Gasteiger partial charge < -0.3 is 25.3 Å². The van der Waals surface area contributed by atoms with Crippen LogP contribution in [0, 0.1) is 6.92 Å². The first-order valence-corrected chi connectivity index (χ1v) is 13.8. The van der Waals surface area contributed by atoms with Crippen LogP contribution >= 0.6 is 11.6 Å². The summed E-state index contributed by atoms with van der Waals surface area (Å²) in [5.74, 6) is -0.266. The van der Waals surface area contributed by atoms with Gasteiger partial charge in [-0.15, -0.1) is 0 Å². The summed E-state index contributed by atoms with van der Waals surface area (Å²) >= 11 is 6.18. The lowest BCUT2D eigenvalue weighted by Gasteiger charge is -2.35. The largest absolute Gasteiger partial charge is 0.323 e. The Morgan fingerprint density at radius 2 is 1.80 bits per heavy atom. The Hall–Kier alpha value is -3.79. The monoisotopic (exact) mass is 560 g/mol. The molecule has 1 fully saturated rings. The van der Waals surface area contributed by atoms with Gasteiger partial charge in [0.15, 0.2) is 0 Å². The highest BCUT2D eigenvalue weighted by atomic mass is 35.5.